The van der Waals surface area contributed by atoms with Gasteiger partial charge in [-0.05, 0) is 151 Å². The van der Waals surface area contributed by atoms with E-state index in [4.69, 9.17) is 0 Å². The molecule has 0 spiro atoms. The van der Waals surface area contributed by atoms with Crippen LogP contribution in [0.5, 0.6) is 0 Å². The minimum atomic E-state index is -0.475. The maximum absolute atomic E-state index is 12.8. The van der Waals surface area contributed by atoms with Gasteiger partial charge < -0.3 is 0 Å². The lowest BCUT2D eigenvalue weighted by Crippen LogP contribution is -1.88. The molecular weight excluding hydrogens is 587 g/mol. The summed E-state index contributed by atoms with van der Waals surface area (Å²) >= 11 is 0. The summed E-state index contributed by atoms with van der Waals surface area (Å²) in [6.45, 7) is 20.2. The number of halogens is 5. The average Bonchev–Trinajstić information content (AvgIpc) is 2.97. The molecule has 0 saturated heterocycles. The van der Waals surface area contributed by atoms with Gasteiger partial charge in [0.15, 0.2) is 0 Å². The number of hydrogen-bond donors (Lipinski definition) is 0. The van der Waals surface area contributed by atoms with Gasteiger partial charge in [0, 0.05) is 5.56 Å². The molecule has 0 atom stereocenters. The Morgan fingerprint density at radius 2 is 0.543 bits per heavy atom. The van der Waals surface area contributed by atoms with E-state index in [9.17, 15) is 22.0 Å². The SMILES string of the molecule is Cc1cc(C)c(C)c(F)c1.Cc1cc(F)c(C)c(F)c1.Cc1ccc(C)c(F)c1.Cc1ccc(C)c(F)c1.Cc1ccc(C)cc1. The fraction of sp³-hybridized carbons (Fsp3) is 0.268. The molecule has 246 valence electrons. The first-order valence-electron chi connectivity index (χ1n) is 15.1. The van der Waals surface area contributed by atoms with Crippen LogP contribution >= 0.6 is 0 Å². The van der Waals surface area contributed by atoms with E-state index in [0.717, 1.165) is 27.8 Å². The third-order valence-corrected chi connectivity index (χ3v) is 7.05. The van der Waals surface area contributed by atoms with Gasteiger partial charge in [0.05, 0.1) is 0 Å². The van der Waals surface area contributed by atoms with Gasteiger partial charge in [0.2, 0.25) is 0 Å². The highest BCUT2D eigenvalue weighted by molar-refractivity contribution is 5.30. The Bertz CT molecular complexity index is 1510. The van der Waals surface area contributed by atoms with Crippen LogP contribution in [0.4, 0.5) is 22.0 Å². The summed E-state index contributed by atoms with van der Waals surface area (Å²) in [5, 5.41) is 0. The first-order chi connectivity index (χ1) is 21.4. The first kappa shape index (κ1) is 39.8. The molecule has 0 nitrogen and oxygen atoms in total. The van der Waals surface area contributed by atoms with E-state index in [2.05, 4.69) is 38.1 Å². The summed E-state index contributed by atoms with van der Waals surface area (Å²) in [6, 6.07) is 25.1. The summed E-state index contributed by atoms with van der Waals surface area (Å²) in [5.41, 5.74) is 9.48. The number of hydrogen-bond acceptors (Lipinski definition) is 0. The highest BCUT2D eigenvalue weighted by Gasteiger charge is 2.03. The van der Waals surface area contributed by atoms with Gasteiger partial charge in [0.25, 0.3) is 0 Å². The normalized spacial score (nSPS) is 9.74. The van der Waals surface area contributed by atoms with E-state index < -0.39 is 11.6 Å². The second-order valence-electron chi connectivity index (χ2n) is 11.7. The number of benzene rings is 5. The van der Waals surface area contributed by atoms with Gasteiger partial charge in [0.1, 0.15) is 29.1 Å². The van der Waals surface area contributed by atoms with Gasteiger partial charge >= 0.3 is 0 Å². The zero-order valence-electron chi connectivity index (χ0n) is 29.0. The lowest BCUT2D eigenvalue weighted by Gasteiger charge is -2.01. The first-order valence-corrected chi connectivity index (χ1v) is 15.1. The highest BCUT2D eigenvalue weighted by atomic mass is 19.1. The van der Waals surface area contributed by atoms with Crippen LogP contribution in [0, 0.1) is 105 Å². The molecule has 5 aromatic rings. The standard InChI is InChI=1S/C9H11F.C8H8F2.2C8H9F.C8H10/c1-6-4-7(2)8(3)9(10)5-6;1-5-3-7(9)6(2)8(10)4-5;2*1-6-3-4-7(2)8(9)5-6;1-7-3-5-8(2)6-4-7/h4-5H,1-3H3;3-4H,1-2H3;2*3-5H,1-2H3;3-6H,1-2H3. The van der Waals surface area contributed by atoms with Gasteiger partial charge in [-0.25, -0.2) is 22.0 Å². The second kappa shape index (κ2) is 19.3. The molecule has 0 heterocycles. The molecule has 5 rings (SSSR count). The Labute approximate surface area is 273 Å². The van der Waals surface area contributed by atoms with Gasteiger partial charge in [-0.3, -0.25) is 0 Å². The molecule has 5 aromatic carbocycles. The number of rotatable bonds is 0. The van der Waals surface area contributed by atoms with Crippen molar-refractivity contribution >= 4 is 0 Å². The molecule has 0 unspecified atom stereocenters. The molecule has 0 fully saturated rings. The fourth-order valence-electron chi connectivity index (χ4n) is 3.79. The van der Waals surface area contributed by atoms with Crippen LogP contribution in [0.3, 0.4) is 0 Å². The zero-order chi connectivity index (χ0) is 35.1. The molecule has 0 saturated carbocycles. The maximum Gasteiger partial charge on any atom is 0.129 e. The quantitative estimate of drug-likeness (QED) is 0.149. The lowest BCUT2D eigenvalue weighted by atomic mass is 10.1. The van der Waals surface area contributed by atoms with E-state index in [-0.39, 0.29) is 23.0 Å². The second-order valence-corrected chi connectivity index (χ2v) is 11.7. The molecule has 0 aliphatic rings. The van der Waals surface area contributed by atoms with Crippen molar-refractivity contribution in [3.63, 3.8) is 0 Å². The summed E-state index contributed by atoms with van der Waals surface area (Å²) in [6.07, 6.45) is 0. The van der Waals surface area contributed by atoms with Crippen molar-refractivity contribution in [2.75, 3.05) is 0 Å². The Hall–Kier alpha value is -4.25. The number of aryl methyl sites for hydroxylation is 9. The third kappa shape index (κ3) is 14.7. The van der Waals surface area contributed by atoms with Crippen molar-refractivity contribution in [2.45, 2.75) is 76.2 Å². The van der Waals surface area contributed by atoms with E-state index in [1.54, 1.807) is 45.9 Å². The van der Waals surface area contributed by atoms with Crippen molar-refractivity contribution in [3.8, 4) is 0 Å². The van der Waals surface area contributed by atoms with E-state index in [0.29, 0.717) is 16.7 Å². The van der Waals surface area contributed by atoms with Crippen LogP contribution in [0.1, 0.15) is 61.2 Å². The van der Waals surface area contributed by atoms with Gasteiger partial charge in [-0.1, -0.05) is 65.7 Å². The van der Waals surface area contributed by atoms with Crippen molar-refractivity contribution < 1.29 is 22.0 Å². The average molecular weight is 635 g/mol. The van der Waals surface area contributed by atoms with E-state index in [1.807, 2.05) is 45.9 Å². The molecule has 0 aliphatic carbocycles. The Kier molecular flexibility index (Phi) is 16.7. The molecular formula is C41H47F5. The summed E-state index contributed by atoms with van der Waals surface area (Å²) in [4.78, 5) is 0. The van der Waals surface area contributed by atoms with Gasteiger partial charge in [-0.15, -0.1) is 0 Å². The molecule has 0 aliphatic heterocycles. The molecule has 0 aromatic heterocycles. The summed E-state index contributed by atoms with van der Waals surface area (Å²) < 4.78 is 63.2. The third-order valence-electron chi connectivity index (χ3n) is 7.05. The van der Waals surface area contributed by atoms with E-state index >= 15 is 0 Å². The molecule has 0 amide bonds. The molecule has 0 bridgehead atoms. The predicted molar refractivity (Wildman–Crippen MR) is 184 cm³/mol. The van der Waals surface area contributed by atoms with E-state index in [1.165, 1.54) is 42.3 Å². The van der Waals surface area contributed by atoms with Crippen LogP contribution in [-0.2, 0) is 0 Å². The maximum atomic E-state index is 12.8. The largest absolute Gasteiger partial charge is 0.207 e. The van der Waals surface area contributed by atoms with Crippen molar-refractivity contribution in [3.05, 3.63) is 175 Å². The highest BCUT2D eigenvalue weighted by Crippen LogP contribution is 2.14. The minimum Gasteiger partial charge on any atom is -0.207 e. The Balaban J connectivity index is 0.000000288. The lowest BCUT2D eigenvalue weighted by molar-refractivity contribution is 0.566. The molecule has 0 radical (unpaired) electrons. The Morgan fingerprint density at radius 3 is 0.848 bits per heavy atom. The monoisotopic (exact) mass is 634 g/mol. The molecule has 46 heavy (non-hydrogen) atoms. The van der Waals surface area contributed by atoms with Crippen LogP contribution < -0.4 is 0 Å². The molecule has 0 N–H and O–H groups in total. The fourth-order valence-corrected chi connectivity index (χ4v) is 3.79. The minimum absolute atomic E-state index is 0.0885. The summed E-state index contributed by atoms with van der Waals surface area (Å²) in [5.74, 6) is -1.28. The Morgan fingerprint density at radius 1 is 0.261 bits per heavy atom. The van der Waals surface area contributed by atoms with Crippen LogP contribution in [0.15, 0.2) is 84.9 Å². The summed E-state index contributed by atoms with van der Waals surface area (Å²) in [7, 11) is 0. The zero-order valence-corrected chi connectivity index (χ0v) is 29.0. The van der Waals surface area contributed by atoms with Crippen LogP contribution in [-0.4, -0.2) is 0 Å². The smallest absolute Gasteiger partial charge is 0.129 e. The van der Waals surface area contributed by atoms with Crippen molar-refractivity contribution in [1.29, 1.82) is 0 Å². The van der Waals surface area contributed by atoms with Crippen LogP contribution in [0.2, 0.25) is 0 Å². The predicted octanol–water partition coefficient (Wildman–Crippen LogP) is 12.5. The molecule has 5 heteroatoms. The van der Waals surface area contributed by atoms with Crippen LogP contribution in [0.25, 0.3) is 0 Å². The van der Waals surface area contributed by atoms with Crippen molar-refractivity contribution in [1.82, 2.24) is 0 Å². The van der Waals surface area contributed by atoms with Gasteiger partial charge in [-0.2, -0.15) is 0 Å². The van der Waals surface area contributed by atoms with Crippen molar-refractivity contribution in [2.24, 2.45) is 0 Å². The topological polar surface area (TPSA) is 0 Å².